The van der Waals surface area contributed by atoms with E-state index in [-0.39, 0.29) is 17.9 Å². The minimum atomic E-state index is -1.60. The Kier molecular flexibility index (Phi) is 6.19. The summed E-state index contributed by atoms with van der Waals surface area (Å²) >= 11 is 0. The summed E-state index contributed by atoms with van der Waals surface area (Å²) < 4.78 is 22.9. The molecule has 6 nitrogen and oxygen atoms in total. The van der Waals surface area contributed by atoms with Crippen LogP contribution >= 0.6 is 0 Å². The Bertz CT molecular complexity index is 532. The number of hydrogen-bond donors (Lipinski definition) is 2. The fourth-order valence-corrected chi connectivity index (χ4v) is 1.49. The van der Waals surface area contributed by atoms with Crippen molar-refractivity contribution in [3.05, 3.63) is 36.4 Å². The number of carbonyl (C=O) groups is 2. The van der Waals surface area contributed by atoms with Crippen LogP contribution in [0.5, 0.6) is 11.5 Å². The van der Waals surface area contributed by atoms with Crippen molar-refractivity contribution in [1.29, 1.82) is 0 Å². The molecule has 2 N–H and O–H groups in total. The maximum absolute atomic E-state index is 12.5. The number of halogens is 1. The van der Waals surface area contributed by atoms with Crippen LogP contribution in [-0.4, -0.2) is 43.4 Å². The molecule has 1 amide bonds. The summed E-state index contributed by atoms with van der Waals surface area (Å²) in [5.41, 5.74) is 0.0809. The Hall–Kier alpha value is -2.57. The lowest BCUT2D eigenvalue weighted by Gasteiger charge is -2.14. The van der Waals surface area contributed by atoms with E-state index in [0.29, 0.717) is 5.75 Å². The molecule has 0 saturated heterocycles. The van der Waals surface area contributed by atoms with Gasteiger partial charge in [0.2, 0.25) is 0 Å². The first-order chi connectivity index (χ1) is 10.0. The van der Waals surface area contributed by atoms with E-state index >= 15 is 0 Å². The van der Waals surface area contributed by atoms with Crippen LogP contribution in [0.2, 0.25) is 0 Å². The van der Waals surface area contributed by atoms with Crippen molar-refractivity contribution in [2.45, 2.75) is 6.04 Å². The van der Waals surface area contributed by atoms with E-state index in [1.807, 2.05) is 0 Å². The number of benzene rings is 1. The Balaban J connectivity index is 3.01. The maximum Gasteiger partial charge on any atom is 0.328 e. The number of amides is 1. The predicted molar refractivity (Wildman–Crippen MR) is 73.6 cm³/mol. The van der Waals surface area contributed by atoms with Crippen LogP contribution in [0.3, 0.4) is 0 Å². The van der Waals surface area contributed by atoms with Crippen LogP contribution in [0.25, 0.3) is 0 Å². The molecule has 1 unspecified atom stereocenters. The van der Waals surface area contributed by atoms with Crippen molar-refractivity contribution in [3.63, 3.8) is 0 Å². The van der Waals surface area contributed by atoms with E-state index in [2.05, 4.69) is 11.9 Å². The normalized spacial score (nSPS) is 11.3. The number of carbonyl (C=O) groups excluding carboxylic acids is 1. The second-order valence-electron chi connectivity index (χ2n) is 3.98. The molecule has 7 heteroatoms. The summed E-state index contributed by atoms with van der Waals surface area (Å²) in [5.74, 6) is -1.55. The molecule has 1 atom stereocenters. The molecule has 21 heavy (non-hydrogen) atoms. The topological polar surface area (TPSA) is 84.9 Å². The Morgan fingerprint density at radius 1 is 1.52 bits per heavy atom. The van der Waals surface area contributed by atoms with Gasteiger partial charge in [-0.2, -0.15) is 0 Å². The summed E-state index contributed by atoms with van der Waals surface area (Å²) in [6, 6.07) is 2.79. The van der Waals surface area contributed by atoms with Crippen molar-refractivity contribution in [2.24, 2.45) is 0 Å². The van der Waals surface area contributed by atoms with Gasteiger partial charge in [0.1, 0.15) is 24.8 Å². The lowest BCUT2D eigenvalue weighted by atomic mass is 10.1. The van der Waals surface area contributed by atoms with Gasteiger partial charge in [0.25, 0.3) is 5.91 Å². The number of ether oxygens (including phenoxy) is 2. The molecule has 1 aromatic rings. The SMILES string of the molecule is C=CCOc1cc(OC)ccc1C(=O)NC(CF)C(=O)O. The first kappa shape index (κ1) is 16.5. The van der Waals surface area contributed by atoms with E-state index in [1.165, 1.54) is 31.4 Å². The minimum Gasteiger partial charge on any atom is -0.497 e. The Labute approximate surface area is 121 Å². The molecule has 0 aromatic heterocycles. The quantitative estimate of drug-likeness (QED) is 0.709. The van der Waals surface area contributed by atoms with E-state index in [0.717, 1.165) is 0 Å². The van der Waals surface area contributed by atoms with Crippen LogP contribution in [0.4, 0.5) is 4.39 Å². The van der Waals surface area contributed by atoms with Crippen molar-refractivity contribution >= 4 is 11.9 Å². The highest BCUT2D eigenvalue weighted by molar-refractivity contribution is 5.99. The number of aliphatic carboxylic acids is 1. The number of hydrogen-bond acceptors (Lipinski definition) is 4. The predicted octanol–water partition coefficient (Wildman–Crippen LogP) is 1.41. The van der Waals surface area contributed by atoms with E-state index in [4.69, 9.17) is 14.6 Å². The standard InChI is InChI=1S/C14H16FNO5/c1-3-6-21-12-7-9(20-2)4-5-10(12)13(17)16-11(8-15)14(18)19/h3-5,7,11H,1,6,8H2,2H3,(H,16,17)(H,18,19). The molecule has 114 valence electrons. The molecule has 0 aliphatic carbocycles. The molecule has 1 aromatic carbocycles. The van der Waals surface area contributed by atoms with Gasteiger partial charge in [-0.25, -0.2) is 9.18 Å². The lowest BCUT2D eigenvalue weighted by molar-refractivity contribution is -0.139. The fraction of sp³-hybridized carbons (Fsp3) is 0.286. The first-order valence-electron chi connectivity index (χ1n) is 6.04. The zero-order valence-electron chi connectivity index (χ0n) is 11.5. The molecule has 0 fully saturated rings. The Morgan fingerprint density at radius 2 is 2.24 bits per heavy atom. The van der Waals surface area contributed by atoms with Gasteiger partial charge in [-0.3, -0.25) is 4.79 Å². The summed E-state index contributed by atoms with van der Waals surface area (Å²) in [5, 5.41) is 10.8. The highest BCUT2D eigenvalue weighted by Crippen LogP contribution is 2.25. The van der Waals surface area contributed by atoms with E-state index < -0.39 is 24.6 Å². The average Bonchev–Trinajstić information content (AvgIpc) is 2.49. The van der Waals surface area contributed by atoms with Crippen LogP contribution in [0.15, 0.2) is 30.9 Å². The van der Waals surface area contributed by atoms with Crippen LogP contribution in [0, 0.1) is 0 Å². The van der Waals surface area contributed by atoms with Crippen molar-refractivity contribution in [3.8, 4) is 11.5 Å². The molecular formula is C14H16FNO5. The molecule has 0 heterocycles. The second-order valence-corrected chi connectivity index (χ2v) is 3.98. The second kappa shape index (κ2) is 7.88. The van der Waals surface area contributed by atoms with E-state index in [1.54, 1.807) is 0 Å². The zero-order chi connectivity index (χ0) is 15.8. The smallest absolute Gasteiger partial charge is 0.328 e. The molecule has 0 aliphatic rings. The minimum absolute atomic E-state index is 0.0809. The molecular weight excluding hydrogens is 281 g/mol. The van der Waals surface area contributed by atoms with Crippen LogP contribution in [0.1, 0.15) is 10.4 Å². The number of alkyl halides is 1. The molecule has 1 rings (SSSR count). The van der Waals surface area contributed by atoms with Gasteiger partial charge >= 0.3 is 5.97 Å². The summed E-state index contributed by atoms with van der Waals surface area (Å²) in [4.78, 5) is 22.7. The van der Waals surface area contributed by atoms with Gasteiger partial charge in [-0.15, -0.1) is 0 Å². The third-order valence-electron chi connectivity index (χ3n) is 2.55. The van der Waals surface area contributed by atoms with Crippen molar-refractivity contribution < 1.29 is 28.6 Å². The fourth-order valence-electron chi connectivity index (χ4n) is 1.49. The van der Waals surface area contributed by atoms with E-state index in [9.17, 15) is 14.0 Å². The molecule has 0 radical (unpaired) electrons. The maximum atomic E-state index is 12.5. The van der Waals surface area contributed by atoms with Crippen molar-refractivity contribution in [2.75, 3.05) is 20.4 Å². The molecule has 0 spiro atoms. The van der Waals surface area contributed by atoms with Crippen LogP contribution in [-0.2, 0) is 4.79 Å². The largest absolute Gasteiger partial charge is 0.497 e. The summed E-state index contributed by atoms with van der Waals surface area (Å²) in [7, 11) is 1.45. The van der Waals surface area contributed by atoms with Gasteiger partial charge in [0.15, 0.2) is 6.04 Å². The zero-order valence-corrected chi connectivity index (χ0v) is 11.5. The number of carboxylic acids is 1. The third-order valence-corrected chi connectivity index (χ3v) is 2.55. The molecule has 0 saturated carbocycles. The van der Waals surface area contributed by atoms with Crippen LogP contribution < -0.4 is 14.8 Å². The van der Waals surface area contributed by atoms with Gasteiger partial charge in [-0.05, 0) is 12.1 Å². The number of methoxy groups -OCH3 is 1. The molecule has 0 aliphatic heterocycles. The number of nitrogens with one attached hydrogen (secondary N) is 1. The lowest BCUT2D eigenvalue weighted by Crippen LogP contribution is -2.42. The van der Waals surface area contributed by atoms with Gasteiger partial charge in [-0.1, -0.05) is 12.7 Å². The average molecular weight is 297 g/mol. The summed E-state index contributed by atoms with van der Waals surface area (Å²) in [6.07, 6.45) is 1.49. The first-order valence-corrected chi connectivity index (χ1v) is 6.04. The van der Waals surface area contributed by atoms with Gasteiger partial charge in [0, 0.05) is 6.07 Å². The van der Waals surface area contributed by atoms with Crippen molar-refractivity contribution in [1.82, 2.24) is 5.32 Å². The van der Waals surface area contributed by atoms with Gasteiger partial charge in [0.05, 0.1) is 12.7 Å². The Morgan fingerprint density at radius 3 is 2.76 bits per heavy atom. The monoisotopic (exact) mass is 297 g/mol. The highest BCUT2D eigenvalue weighted by Gasteiger charge is 2.22. The highest BCUT2D eigenvalue weighted by atomic mass is 19.1. The number of carboxylic acid groups (broad SMARTS) is 1. The third kappa shape index (κ3) is 4.48. The molecule has 0 bridgehead atoms. The number of rotatable bonds is 8. The summed E-state index contributed by atoms with van der Waals surface area (Å²) in [6.45, 7) is 2.44. The van der Waals surface area contributed by atoms with Gasteiger partial charge < -0.3 is 19.9 Å².